The first-order valence-corrected chi connectivity index (χ1v) is 5.30. The van der Waals surface area contributed by atoms with Gasteiger partial charge in [-0.25, -0.2) is 0 Å². The van der Waals surface area contributed by atoms with Crippen molar-refractivity contribution in [1.29, 1.82) is 0 Å². The molecule has 0 aliphatic carbocycles. The second kappa shape index (κ2) is 4.57. The Morgan fingerprint density at radius 3 is 2.29 bits per heavy atom. The van der Waals surface area contributed by atoms with Gasteiger partial charge in [0.1, 0.15) is 6.10 Å². The Hall–Kier alpha value is -0.160. The monoisotopic (exact) mass is 202 g/mol. The second-order valence-corrected chi connectivity index (χ2v) is 4.10. The Bertz CT molecular complexity index is 157. The summed E-state index contributed by atoms with van der Waals surface area (Å²) in [7, 11) is 0. The molecule has 4 nitrogen and oxygen atoms in total. The lowest BCUT2D eigenvalue weighted by Crippen LogP contribution is -2.42. The molecule has 2 rings (SSSR count). The van der Waals surface area contributed by atoms with Crippen LogP contribution in [0.25, 0.3) is 0 Å². The lowest BCUT2D eigenvalue weighted by molar-refractivity contribution is -0.228. The molecule has 2 heterocycles. The van der Waals surface area contributed by atoms with Crippen molar-refractivity contribution in [3.63, 3.8) is 0 Å². The van der Waals surface area contributed by atoms with E-state index in [0.29, 0.717) is 18.6 Å². The predicted octanol–water partition coefficient (Wildman–Crippen LogP) is 0.535. The van der Waals surface area contributed by atoms with Gasteiger partial charge in [0, 0.05) is 25.6 Å². The van der Waals surface area contributed by atoms with E-state index < -0.39 is 6.29 Å². The number of hydrogen-bond donors (Lipinski definition) is 1. The Labute approximate surface area is 84.1 Å². The number of aliphatic hydroxyl groups is 1. The molecule has 82 valence electrons. The molecule has 2 aliphatic rings. The van der Waals surface area contributed by atoms with Crippen molar-refractivity contribution in [3.8, 4) is 0 Å². The maximum absolute atomic E-state index is 9.50. The lowest BCUT2D eigenvalue weighted by atomic mass is 9.99. The fraction of sp³-hybridized carbons (Fsp3) is 1.00. The molecule has 1 N–H and O–H groups in total. The minimum absolute atomic E-state index is 0.107. The summed E-state index contributed by atoms with van der Waals surface area (Å²) in [5, 5.41) is 9.50. The van der Waals surface area contributed by atoms with Gasteiger partial charge in [-0.1, -0.05) is 6.92 Å². The topological polar surface area (TPSA) is 47.9 Å². The molecule has 2 fully saturated rings. The van der Waals surface area contributed by atoms with Gasteiger partial charge in [0.2, 0.25) is 0 Å². The number of rotatable bonds is 5. The molecule has 0 aromatic heterocycles. The van der Waals surface area contributed by atoms with Gasteiger partial charge in [0.05, 0.1) is 12.7 Å². The van der Waals surface area contributed by atoms with Gasteiger partial charge in [-0.05, 0) is 6.42 Å². The van der Waals surface area contributed by atoms with Gasteiger partial charge < -0.3 is 19.3 Å². The van der Waals surface area contributed by atoms with Gasteiger partial charge in [0.25, 0.3) is 0 Å². The van der Waals surface area contributed by atoms with Gasteiger partial charge in [-0.3, -0.25) is 0 Å². The van der Waals surface area contributed by atoms with Crippen LogP contribution in [0.5, 0.6) is 0 Å². The van der Waals surface area contributed by atoms with Gasteiger partial charge in [-0.2, -0.15) is 0 Å². The summed E-state index contributed by atoms with van der Waals surface area (Å²) in [5.41, 5.74) is 0. The maximum Gasteiger partial charge on any atom is 0.181 e. The van der Waals surface area contributed by atoms with Crippen molar-refractivity contribution >= 4 is 0 Å². The molecule has 2 aliphatic heterocycles. The van der Waals surface area contributed by atoms with Crippen molar-refractivity contribution in [2.45, 2.75) is 38.3 Å². The van der Waals surface area contributed by atoms with Gasteiger partial charge in [0.15, 0.2) is 6.29 Å². The molecule has 14 heavy (non-hydrogen) atoms. The molecule has 0 radical (unpaired) electrons. The molecule has 0 saturated carbocycles. The Morgan fingerprint density at radius 2 is 1.86 bits per heavy atom. The van der Waals surface area contributed by atoms with E-state index in [0.717, 1.165) is 26.1 Å². The fourth-order valence-corrected chi connectivity index (χ4v) is 1.65. The zero-order valence-corrected chi connectivity index (χ0v) is 8.52. The van der Waals surface area contributed by atoms with Crippen LogP contribution in [0.15, 0.2) is 0 Å². The number of hydrogen-bond acceptors (Lipinski definition) is 4. The molecule has 2 saturated heterocycles. The van der Waals surface area contributed by atoms with Crippen LogP contribution in [0, 0.1) is 5.92 Å². The van der Waals surface area contributed by atoms with Crippen LogP contribution in [0.2, 0.25) is 0 Å². The van der Waals surface area contributed by atoms with E-state index in [4.69, 9.17) is 14.2 Å². The standard InChI is InChI=1S/C10H18O4/c1-7(8-2-4-12-8)6-14-10(11)9-3-5-13-9/h7-11H,2-6H2,1H3. The Morgan fingerprint density at radius 1 is 1.29 bits per heavy atom. The van der Waals surface area contributed by atoms with Crippen LogP contribution in [-0.4, -0.2) is 43.4 Å². The largest absolute Gasteiger partial charge is 0.378 e. The number of aliphatic hydroxyl groups excluding tert-OH is 1. The van der Waals surface area contributed by atoms with E-state index in [1.54, 1.807) is 0 Å². The summed E-state index contributed by atoms with van der Waals surface area (Å²) in [6.45, 7) is 4.24. The van der Waals surface area contributed by atoms with Crippen LogP contribution in [-0.2, 0) is 14.2 Å². The van der Waals surface area contributed by atoms with Crippen molar-refractivity contribution in [2.24, 2.45) is 5.92 Å². The third kappa shape index (κ3) is 2.25. The Kier molecular flexibility index (Phi) is 3.38. The van der Waals surface area contributed by atoms with Crippen LogP contribution < -0.4 is 0 Å². The van der Waals surface area contributed by atoms with Crippen LogP contribution in [0.3, 0.4) is 0 Å². The van der Waals surface area contributed by atoms with Crippen molar-refractivity contribution in [1.82, 2.24) is 0 Å². The molecule has 0 bridgehead atoms. The number of ether oxygens (including phenoxy) is 3. The maximum atomic E-state index is 9.50. The van der Waals surface area contributed by atoms with E-state index in [1.807, 2.05) is 0 Å². The molecule has 4 atom stereocenters. The highest BCUT2D eigenvalue weighted by Gasteiger charge is 2.30. The zero-order chi connectivity index (χ0) is 9.97. The first kappa shape index (κ1) is 10.4. The highest BCUT2D eigenvalue weighted by molar-refractivity contribution is 4.74. The molecular weight excluding hydrogens is 184 g/mol. The molecule has 4 heteroatoms. The molecule has 0 aromatic carbocycles. The third-order valence-electron chi connectivity index (χ3n) is 2.95. The van der Waals surface area contributed by atoms with Crippen molar-refractivity contribution in [3.05, 3.63) is 0 Å². The minimum Gasteiger partial charge on any atom is -0.378 e. The van der Waals surface area contributed by atoms with Gasteiger partial charge >= 0.3 is 0 Å². The minimum atomic E-state index is -0.758. The van der Waals surface area contributed by atoms with Crippen molar-refractivity contribution < 1.29 is 19.3 Å². The second-order valence-electron chi connectivity index (χ2n) is 4.10. The summed E-state index contributed by atoms with van der Waals surface area (Å²) in [4.78, 5) is 0. The smallest absolute Gasteiger partial charge is 0.181 e. The van der Waals surface area contributed by atoms with E-state index in [9.17, 15) is 5.11 Å². The summed E-state index contributed by atoms with van der Waals surface area (Å²) < 4.78 is 15.8. The molecule has 0 amide bonds. The summed E-state index contributed by atoms with van der Waals surface area (Å²) in [5.74, 6) is 0.360. The highest BCUT2D eigenvalue weighted by Crippen LogP contribution is 2.22. The first-order valence-electron chi connectivity index (χ1n) is 5.30. The normalized spacial score (nSPS) is 35.6. The zero-order valence-electron chi connectivity index (χ0n) is 8.52. The summed E-state index contributed by atoms with van der Waals surface area (Å²) in [6.07, 6.45) is 1.47. The third-order valence-corrected chi connectivity index (χ3v) is 2.95. The highest BCUT2D eigenvalue weighted by atomic mass is 16.6. The van der Waals surface area contributed by atoms with E-state index in [1.165, 1.54) is 0 Å². The van der Waals surface area contributed by atoms with Gasteiger partial charge in [-0.15, -0.1) is 0 Å². The lowest BCUT2D eigenvalue weighted by Gasteiger charge is -2.34. The fourth-order valence-electron chi connectivity index (χ4n) is 1.65. The predicted molar refractivity (Wildman–Crippen MR) is 49.8 cm³/mol. The van der Waals surface area contributed by atoms with E-state index in [2.05, 4.69) is 6.92 Å². The average Bonchev–Trinajstić information content (AvgIpc) is 1.94. The van der Waals surface area contributed by atoms with Crippen LogP contribution in [0.4, 0.5) is 0 Å². The first-order chi connectivity index (χ1) is 6.77. The summed E-state index contributed by atoms with van der Waals surface area (Å²) >= 11 is 0. The SMILES string of the molecule is CC(COC(O)C1CCO1)C1CCO1. The molecule has 0 spiro atoms. The van der Waals surface area contributed by atoms with Crippen LogP contribution >= 0.6 is 0 Å². The summed E-state index contributed by atoms with van der Waals surface area (Å²) in [6, 6.07) is 0. The average molecular weight is 202 g/mol. The van der Waals surface area contributed by atoms with E-state index >= 15 is 0 Å². The quantitative estimate of drug-likeness (QED) is 0.661. The van der Waals surface area contributed by atoms with E-state index in [-0.39, 0.29) is 6.10 Å². The molecule has 0 aromatic rings. The molecule has 4 unspecified atom stereocenters. The molecular formula is C10H18O4. The van der Waals surface area contributed by atoms with Crippen LogP contribution in [0.1, 0.15) is 19.8 Å². The van der Waals surface area contributed by atoms with Crippen molar-refractivity contribution in [2.75, 3.05) is 19.8 Å². The Balaban J connectivity index is 1.60.